The number of hydrogen-bond donors (Lipinski definition) is 0. The molecule has 2 rings (SSSR count). The molecule has 0 spiro atoms. The smallest absolute Gasteiger partial charge is 0.123 e. The highest BCUT2D eigenvalue weighted by Crippen LogP contribution is 2.25. The first-order chi connectivity index (χ1) is 7.42. The van der Waals surface area contributed by atoms with Gasteiger partial charge >= 0.3 is 0 Å². The van der Waals surface area contributed by atoms with E-state index in [9.17, 15) is 0 Å². The quantitative estimate of drug-likeness (QED) is 0.741. The van der Waals surface area contributed by atoms with Gasteiger partial charge in [0.25, 0.3) is 0 Å². The Bertz CT molecular complexity index is 412. The van der Waals surface area contributed by atoms with Gasteiger partial charge in [-0.2, -0.15) is 0 Å². The number of thioether (sulfide) groups is 1. The maximum atomic E-state index is 3.82. The topological polar surface area (TPSA) is 30.7 Å². The largest absolute Gasteiger partial charge is 0.287 e. The molecule has 0 aliphatic rings. The Balaban J connectivity index is 2.30. The summed E-state index contributed by atoms with van der Waals surface area (Å²) >= 11 is 1.87. The summed E-state index contributed by atoms with van der Waals surface area (Å²) in [4.78, 5) is 1.28. The van der Waals surface area contributed by atoms with E-state index in [4.69, 9.17) is 0 Å². The molecule has 0 amide bonds. The summed E-state index contributed by atoms with van der Waals surface area (Å²) in [7, 11) is 0. The third-order valence-corrected chi connectivity index (χ3v) is 3.29. The molecule has 3 nitrogen and oxygen atoms in total. The summed E-state index contributed by atoms with van der Waals surface area (Å²) < 4.78 is 1.94. The molecule has 1 heterocycles. The maximum absolute atomic E-state index is 3.82. The van der Waals surface area contributed by atoms with Gasteiger partial charge in [-0.15, -0.1) is 22.0 Å². The summed E-state index contributed by atoms with van der Waals surface area (Å²) in [6, 6.07) is 8.31. The molecule has 2 aromatic rings. The maximum Gasteiger partial charge on any atom is 0.123 e. The average Bonchev–Trinajstić information content (AvgIpc) is 2.80. The van der Waals surface area contributed by atoms with Crippen molar-refractivity contribution in [3.8, 4) is 5.69 Å². The lowest BCUT2D eigenvalue weighted by molar-refractivity contribution is 1.02. The van der Waals surface area contributed by atoms with Crippen LogP contribution >= 0.6 is 11.8 Å². The van der Waals surface area contributed by atoms with E-state index in [1.807, 2.05) is 22.4 Å². The molecule has 15 heavy (non-hydrogen) atoms. The van der Waals surface area contributed by atoms with Crippen molar-refractivity contribution in [1.82, 2.24) is 14.8 Å². The van der Waals surface area contributed by atoms with Crippen LogP contribution in [-0.4, -0.2) is 20.5 Å². The molecule has 0 fully saturated rings. The van der Waals surface area contributed by atoms with Crippen molar-refractivity contribution in [3.63, 3.8) is 0 Å². The SMILES string of the molecule is CCCSc1ccccc1-n1cnnc1. The summed E-state index contributed by atoms with van der Waals surface area (Å²) in [5, 5.41) is 7.65. The minimum atomic E-state index is 1.14. The average molecular weight is 219 g/mol. The van der Waals surface area contributed by atoms with Crippen LogP contribution in [0.1, 0.15) is 13.3 Å². The van der Waals surface area contributed by atoms with Gasteiger partial charge in [-0.25, -0.2) is 0 Å². The first kappa shape index (κ1) is 10.2. The molecule has 78 valence electrons. The van der Waals surface area contributed by atoms with Crippen molar-refractivity contribution in [2.45, 2.75) is 18.2 Å². The minimum absolute atomic E-state index is 1.14. The number of rotatable bonds is 4. The fourth-order valence-corrected chi connectivity index (χ4v) is 2.25. The fraction of sp³-hybridized carbons (Fsp3) is 0.273. The molecule has 0 aliphatic heterocycles. The molecule has 0 radical (unpaired) electrons. The Morgan fingerprint density at radius 3 is 2.67 bits per heavy atom. The first-order valence-corrected chi connectivity index (χ1v) is 5.97. The summed E-state index contributed by atoms with van der Waals surface area (Å²) in [6.45, 7) is 2.19. The third-order valence-electron chi connectivity index (χ3n) is 2.02. The van der Waals surface area contributed by atoms with Crippen molar-refractivity contribution in [3.05, 3.63) is 36.9 Å². The van der Waals surface area contributed by atoms with Gasteiger partial charge < -0.3 is 0 Å². The predicted molar refractivity (Wildman–Crippen MR) is 62.4 cm³/mol. The van der Waals surface area contributed by atoms with Crippen LogP contribution in [0.4, 0.5) is 0 Å². The van der Waals surface area contributed by atoms with Gasteiger partial charge in [0.15, 0.2) is 0 Å². The van der Waals surface area contributed by atoms with E-state index in [0.29, 0.717) is 0 Å². The Hall–Kier alpha value is -1.29. The van der Waals surface area contributed by atoms with Crippen molar-refractivity contribution in [2.75, 3.05) is 5.75 Å². The second-order valence-electron chi connectivity index (χ2n) is 3.19. The Morgan fingerprint density at radius 2 is 1.93 bits per heavy atom. The fourth-order valence-electron chi connectivity index (χ4n) is 1.33. The zero-order valence-electron chi connectivity index (χ0n) is 8.63. The first-order valence-electron chi connectivity index (χ1n) is 4.98. The van der Waals surface area contributed by atoms with Gasteiger partial charge in [0.1, 0.15) is 12.7 Å². The summed E-state index contributed by atoms with van der Waals surface area (Å²) in [5.41, 5.74) is 1.15. The Labute approximate surface area is 93.5 Å². The number of nitrogens with zero attached hydrogens (tertiary/aromatic N) is 3. The van der Waals surface area contributed by atoms with E-state index in [1.54, 1.807) is 12.7 Å². The lowest BCUT2D eigenvalue weighted by Gasteiger charge is -2.07. The van der Waals surface area contributed by atoms with Crippen LogP contribution in [0.5, 0.6) is 0 Å². The van der Waals surface area contributed by atoms with Gasteiger partial charge in [-0.3, -0.25) is 4.57 Å². The van der Waals surface area contributed by atoms with E-state index in [2.05, 4.69) is 35.3 Å². The zero-order chi connectivity index (χ0) is 10.5. The molecule has 4 heteroatoms. The van der Waals surface area contributed by atoms with Crippen LogP contribution in [-0.2, 0) is 0 Å². The van der Waals surface area contributed by atoms with E-state index < -0.39 is 0 Å². The van der Waals surface area contributed by atoms with Crippen LogP contribution < -0.4 is 0 Å². The second-order valence-corrected chi connectivity index (χ2v) is 4.32. The molecule has 1 aromatic heterocycles. The van der Waals surface area contributed by atoms with E-state index >= 15 is 0 Å². The predicted octanol–water partition coefficient (Wildman–Crippen LogP) is 2.77. The molecule has 0 N–H and O–H groups in total. The molecule has 0 atom stereocenters. The number of aromatic nitrogens is 3. The lowest BCUT2D eigenvalue weighted by atomic mass is 10.3. The Kier molecular flexibility index (Phi) is 3.40. The highest BCUT2D eigenvalue weighted by Gasteiger charge is 2.03. The number of benzene rings is 1. The van der Waals surface area contributed by atoms with Crippen molar-refractivity contribution >= 4 is 11.8 Å². The second kappa shape index (κ2) is 4.98. The van der Waals surface area contributed by atoms with Crippen LogP contribution in [0.15, 0.2) is 41.8 Å². The van der Waals surface area contributed by atoms with E-state index in [0.717, 1.165) is 11.4 Å². The van der Waals surface area contributed by atoms with Crippen molar-refractivity contribution in [2.24, 2.45) is 0 Å². The molecule has 0 saturated carbocycles. The molecule has 0 aliphatic carbocycles. The normalized spacial score (nSPS) is 10.5. The van der Waals surface area contributed by atoms with Gasteiger partial charge in [-0.05, 0) is 24.3 Å². The van der Waals surface area contributed by atoms with Gasteiger partial charge in [0, 0.05) is 4.90 Å². The third kappa shape index (κ3) is 2.39. The Morgan fingerprint density at radius 1 is 1.20 bits per heavy atom. The standard InChI is InChI=1S/C11H13N3S/c1-2-7-15-11-6-4-3-5-10(11)14-8-12-13-9-14/h3-6,8-9H,2,7H2,1H3. The monoisotopic (exact) mass is 219 g/mol. The molecular weight excluding hydrogens is 206 g/mol. The van der Waals surface area contributed by atoms with Gasteiger partial charge in [0.05, 0.1) is 5.69 Å². The van der Waals surface area contributed by atoms with Crippen LogP contribution in [0, 0.1) is 0 Å². The van der Waals surface area contributed by atoms with Crippen molar-refractivity contribution in [1.29, 1.82) is 0 Å². The van der Waals surface area contributed by atoms with Crippen LogP contribution in [0.2, 0.25) is 0 Å². The highest BCUT2D eigenvalue weighted by atomic mass is 32.2. The lowest BCUT2D eigenvalue weighted by Crippen LogP contribution is -1.92. The molecule has 0 bridgehead atoms. The van der Waals surface area contributed by atoms with E-state index in [1.165, 1.54) is 11.3 Å². The number of para-hydroxylation sites is 1. The van der Waals surface area contributed by atoms with Crippen LogP contribution in [0.3, 0.4) is 0 Å². The summed E-state index contributed by atoms with van der Waals surface area (Å²) in [5.74, 6) is 1.14. The highest BCUT2D eigenvalue weighted by molar-refractivity contribution is 7.99. The number of hydrogen-bond acceptors (Lipinski definition) is 3. The van der Waals surface area contributed by atoms with Gasteiger partial charge in [0.2, 0.25) is 0 Å². The molecule has 0 saturated heterocycles. The molecular formula is C11H13N3S. The zero-order valence-corrected chi connectivity index (χ0v) is 9.44. The van der Waals surface area contributed by atoms with E-state index in [-0.39, 0.29) is 0 Å². The molecule has 0 unspecified atom stereocenters. The summed E-state index contributed by atoms with van der Waals surface area (Å²) in [6.07, 6.45) is 4.64. The minimum Gasteiger partial charge on any atom is -0.287 e. The van der Waals surface area contributed by atoms with Crippen molar-refractivity contribution < 1.29 is 0 Å². The van der Waals surface area contributed by atoms with Crippen LogP contribution in [0.25, 0.3) is 5.69 Å². The van der Waals surface area contributed by atoms with Gasteiger partial charge in [-0.1, -0.05) is 19.1 Å². The molecule has 1 aromatic carbocycles.